The molecular formula is C25H26N6O3. The molecule has 1 fully saturated rings. The Kier molecular flexibility index (Phi) is 6.44. The summed E-state index contributed by atoms with van der Waals surface area (Å²) in [4.78, 5) is 21.4. The molecule has 9 heteroatoms. The molecule has 0 saturated carbocycles. The molecular weight excluding hydrogens is 432 g/mol. The molecule has 1 aliphatic heterocycles. The Hall–Kier alpha value is -3.85. The number of nitrogens with zero attached hydrogens (tertiary/aromatic N) is 6. The van der Waals surface area contributed by atoms with E-state index in [9.17, 15) is 4.79 Å². The van der Waals surface area contributed by atoms with Crippen LogP contribution >= 0.6 is 0 Å². The molecule has 4 heterocycles. The molecule has 0 amide bonds. The van der Waals surface area contributed by atoms with Crippen molar-refractivity contribution in [2.75, 3.05) is 13.2 Å². The van der Waals surface area contributed by atoms with E-state index in [1.807, 2.05) is 42.1 Å². The first-order valence-corrected chi connectivity index (χ1v) is 11.5. The highest BCUT2D eigenvalue weighted by Crippen LogP contribution is 2.20. The maximum Gasteiger partial charge on any atom is 0.203 e. The van der Waals surface area contributed by atoms with E-state index in [-0.39, 0.29) is 11.5 Å². The van der Waals surface area contributed by atoms with E-state index in [4.69, 9.17) is 9.47 Å². The molecule has 174 valence electrons. The smallest absolute Gasteiger partial charge is 0.203 e. The molecule has 1 aliphatic rings. The first kappa shape index (κ1) is 22.0. The van der Waals surface area contributed by atoms with Crippen LogP contribution in [0.5, 0.6) is 5.75 Å². The molecule has 5 rings (SSSR count). The fourth-order valence-electron chi connectivity index (χ4n) is 3.88. The molecule has 0 spiro atoms. The zero-order valence-corrected chi connectivity index (χ0v) is 19.0. The summed E-state index contributed by atoms with van der Waals surface area (Å²) in [6.45, 7) is 4.10. The van der Waals surface area contributed by atoms with Crippen molar-refractivity contribution in [3.63, 3.8) is 0 Å². The summed E-state index contributed by atoms with van der Waals surface area (Å²) in [5.41, 5.74) is 2.98. The minimum atomic E-state index is -0.103. The number of benzene rings is 1. The van der Waals surface area contributed by atoms with Gasteiger partial charge in [-0.3, -0.25) is 9.48 Å². The highest BCUT2D eigenvalue weighted by atomic mass is 16.5. The van der Waals surface area contributed by atoms with Gasteiger partial charge in [-0.25, -0.2) is 14.6 Å². The molecule has 4 aromatic rings. The number of rotatable bonds is 8. The van der Waals surface area contributed by atoms with Gasteiger partial charge in [-0.15, -0.1) is 0 Å². The molecule has 0 aliphatic carbocycles. The number of aryl methyl sites for hydroxylation is 1. The Bertz CT molecular complexity index is 1310. The van der Waals surface area contributed by atoms with Gasteiger partial charge in [0.25, 0.3) is 0 Å². The highest BCUT2D eigenvalue weighted by molar-refractivity contribution is 5.56. The minimum absolute atomic E-state index is 0.103. The van der Waals surface area contributed by atoms with Crippen LogP contribution in [-0.2, 0) is 17.7 Å². The lowest BCUT2D eigenvalue weighted by atomic mass is 10.1. The van der Waals surface area contributed by atoms with Crippen molar-refractivity contribution in [3.05, 3.63) is 82.8 Å². The fourth-order valence-corrected chi connectivity index (χ4v) is 3.88. The quantitative estimate of drug-likeness (QED) is 0.400. The third-order valence-corrected chi connectivity index (χ3v) is 5.73. The summed E-state index contributed by atoms with van der Waals surface area (Å²) in [5, 5.41) is 8.82. The van der Waals surface area contributed by atoms with Gasteiger partial charge in [0.15, 0.2) is 11.6 Å². The number of hydrogen-bond acceptors (Lipinski definition) is 7. The van der Waals surface area contributed by atoms with E-state index in [2.05, 4.69) is 20.2 Å². The number of ether oxygens (including phenoxy) is 2. The van der Waals surface area contributed by atoms with E-state index in [0.717, 1.165) is 42.8 Å². The molecule has 9 nitrogen and oxygen atoms in total. The molecule has 1 aromatic carbocycles. The van der Waals surface area contributed by atoms with Crippen LogP contribution in [0.15, 0.2) is 66.1 Å². The minimum Gasteiger partial charge on any atom is -0.488 e. The summed E-state index contributed by atoms with van der Waals surface area (Å²) in [5.74, 6) is 1.22. The highest BCUT2D eigenvalue weighted by Gasteiger charge is 2.16. The SMILES string of the molecule is CCn1cc(-n2ccc(=O)c(Cc3cccc(-c4ncc(OCC5CCCO5)cn4)c3)n2)cn1. The van der Waals surface area contributed by atoms with E-state index < -0.39 is 0 Å². The van der Waals surface area contributed by atoms with Gasteiger partial charge < -0.3 is 9.47 Å². The van der Waals surface area contributed by atoms with Crippen molar-refractivity contribution in [1.29, 1.82) is 0 Å². The van der Waals surface area contributed by atoms with Gasteiger partial charge in [0.1, 0.15) is 18.0 Å². The molecule has 0 N–H and O–H groups in total. The van der Waals surface area contributed by atoms with Gasteiger partial charge in [0.05, 0.1) is 30.9 Å². The number of aromatic nitrogens is 6. The van der Waals surface area contributed by atoms with Crippen molar-refractivity contribution in [2.45, 2.75) is 38.8 Å². The maximum absolute atomic E-state index is 12.5. The van der Waals surface area contributed by atoms with Gasteiger partial charge in [-0.05, 0) is 31.4 Å². The third-order valence-electron chi connectivity index (χ3n) is 5.73. The molecule has 3 aromatic heterocycles. The summed E-state index contributed by atoms with van der Waals surface area (Å²) in [6, 6.07) is 9.37. The second-order valence-corrected chi connectivity index (χ2v) is 8.19. The Morgan fingerprint density at radius 1 is 1.18 bits per heavy atom. The Labute approximate surface area is 197 Å². The summed E-state index contributed by atoms with van der Waals surface area (Å²) in [7, 11) is 0. The van der Waals surface area contributed by atoms with Crippen LogP contribution in [0.2, 0.25) is 0 Å². The van der Waals surface area contributed by atoms with Gasteiger partial charge in [-0.1, -0.05) is 18.2 Å². The van der Waals surface area contributed by atoms with Gasteiger partial charge in [-0.2, -0.15) is 10.2 Å². The third kappa shape index (κ3) is 5.04. The lowest BCUT2D eigenvalue weighted by Gasteiger charge is -2.11. The van der Waals surface area contributed by atoms with E-state index >= 15 is 0 Å². The van der Waals surface area contributed by atoms with Crippen molar-refractivity contribution >= 4 is 0 Å². The summed E-state index contributed by atoms with van der Waals surface area (Å²) < 4.78 is 14.8. The summed E-state index contributed by atoms with van der Waals surface area (Å²) >= 11 is 0. The molecule has 1 atom stereocenters. The zero-order valence-electron chi connectivity index (χ0n) is 19.0. The molecule has 1 unspecified atom stereocenters. The normalized spacial score (nSPS) is 15.5. The Balaban J connectivity index is 1.30. The van der Waals surface area contributed by atoms with E-state index in [0.29, 0.717) is 30.3 Å². The first-order chi connectivity index (χ1) is 16.7. The van der Waals surface area contributed by atoms with Gasteiger partial charge >= 0.3 is 0 Å². The van der Waals surface area contributed by atoms with Crippen LogP contribution in [0.3, 0.4) is 0 Å². The predicted molar refractivity (Wildman–Crippen MR) is 126 cm³/mol. The molecule has 0 bridgehead atoms. The average Bonchev–Trinajstić information content (AvgIpc) is 3.57. The number of hydrogen-bond donors (Lipinski definition) is 0. The van der Waals surface area contributed by atoms with E-state index in [1.165, 1.54) is 6.07 Å². The molecule has 0 radical (unpaired) electrons. The summed E-state index contributed by atoms with van der Waals surface area (Å²) in [6.07, 6.45) is 11.3. The lowest BCUT2D eigenvalue weighted by molar-refractivity contribution is 0.0677. The van der Waals surface area contributed by atoms with Crippen molar-refractivity contribution in [1.82, 2.24) is 29.5 Å². The monoisotopic (exact) mass is 458 g/mol. The second-order valence-electron chi connectivity index (χ2n) is 8.19. The van der Waals surface area contributed by atoms with Crippen molar-refractivity contribution in [3.8, 4) is 22.8 Å². The zero-order chi connectivity index (χ0) is 23.3. The predicted octanol–water partition coefficient (Wildman–Crippen LogP) is 3.05. The van der Waals surface area contributed by atoms with Crippen LogP contribution in [-0.4, -0.2) is 48.8 Å². The van der Waals surface area contributed by atoms with E-state index in [1.54, 1.807) is 29.5 Å². The van der Waals surface area contributed by atoms with Gasteiger partial charge in [0.2, 0.25) is 5.43 Å². The van der Waals surface area contributed by atoms with Crippen molar-refractivity contribution < 1.29 is 9.47 Å². The average molecular weight is 459 g/mol. The second kappa shape index (κ2) is 9.96. The fraction of sp³-hybridized carbons (Fsp3) is 0.320. The lowest BCUT2D eigenvalue weighted by Crippen LogP contribution is -2.16. The van der Waals surface area contributed by atoms with Crippen LogP contribution < -0.4 is 10.2 Å². The van der Waals surface area contributed by atoms with Crippen LogP contribution in [0.4, 0.5) is 0 Å². The molecule has 34 heavy (non-hydrogen) atoms. The van der Waals surface area contributed by atoms with Crippen LogP contribution in [0, 0.1) is 0 Å². The Morgan fingerprint density at radius 3 is 2.82 bits per heavy atom. The van der Waals surface area contributed by atoms with Gasteiger partial charge in [0, 0.05) is 37.4 Å². The van der Waals surface area contributed by atoms with Crippen LogP contribution in [0.25, 0.3) is 17.1 Å². The maximum atomic E-state index is 12.5. The topological polar surface area (TPSA) is 97.0 Å². The Morgan fingerprint density at radius 2 is 2.06 bits per heavy atom. The van der Waals surface area contributed by atoms with Crippen LogP contribution in [0.1, 0.15) is 31.0 Å². The standard InChI is InChI=1S/C25H26N6O3/c1-2-30-16-20(13-28-30)31-9-8-24(32)23(29-31)12-18-5-3-6-19(11-18)25-26-14-22(15-27-25)34-17-21-7-4-10-33-21/h3,5-6,8-9,11,13-16,21H,2,4,7,10,12,17H2,1H3. The van der Waals surface area contributed by atoms with Crippen molar-refractivity contribution in [2.24, 2.45) is 0 Å². The largest absolute Gasteiger partial charge is 0.488 e. The molecule has 1 saturated heterocycles. The first-order valence-electron chi connectivity index (χ1n) is 11.5.